The zero-order chi connectivity index (χ0) is 19.9. The first-order valence-electron chi connectivity index (χ1n) is 8.18. The molecule has 1 atom stereocenters. The molecule has 3 aromatic rings. The van der Waals surface area contributed by atoms with Gasteiger partial charge in [-0.25, -0.2) is 14.4 Å². The van der Waals surface area contributed by atoms with E-state index in [-0.39, 0.29) is 24.6 Å². The van der Waals surface area contributed by atoms with Crippen LogP contribution >= 0.6 is 0 Å². The minimum Gasteiger partial charge on any atom is -0.354 e. The third-order valence-electron chi connectivity index (χ3n) is 4.68. The molecule has 1 aliphatic heterocycles. The number of rotatable bonds is 3. The van der Waals surface area contributed by atoms with E-state index in [1.807, 2.05) is 0 Å². The Morgan fingerprint density at radius 2 is 1.79 bits per heavy atom. The molecule has 2 aromatic heterocycles. The Morgan fingerprint density at radius 1 is 1.04 bits per heavy atom. The average Bonchev–Trinajstić information content (AvgIpc) is 3.30. The molecule has 1 fully saturated rings. The van der Waals surface area contributed by atoms with Gasteiger partial charge in [-0.15, -0.1) is 0 Å². The van der Waals surface area contributed by atoms with Crippen molar-refractivity contribution in [1.29, 1.82) is 0 Å². The molecule has 1 unspecified atom stereocenters. The van der Waals surface area contributed by atoms with Crippen molar-refractivity contribution in [1.82, 2.24) is 20.1 Å². The predicted octanol–water partition coefficient (Wildman–Crippen LogP) is 3.52. The Kier molecular flexibility index (Phi) is 4.24. The molecule has 0 amide bonds. The summed E-state index contributed by atoms with van der Waals surface area (Å²) in [6.45, 7) is -0.532. The van der Waals surface area contributed by atoms with Crippen LogP contribution in [0.1, 0.15) is 12.3 Å². The highest BCUT2D eigenvalue weighted by Crippen LogP contribution is 2.48. The monoisotopic (exact) mass is 397 g/mol. The molecule has 1 aromatic carbocycles. The maximum Gasteiger partial charge on any atom is 0.405 e. The van der Waals surface area contributed by atoms with E-state index in [0.29, 0.717) is 5.56 Å². The van der Waals surface area contributed by atoms with Crippen molar-refractivity contribution in [2.75, 3.05) is 18.0 Å². The molecule has 0 saturated carbocycles. The van der Waals surface area contributed by atoms with Gasteiger partial charge in [0.2, 0.25) is 17.7 Å². The highest BCUT2D eigenvalue weighted by atomic mass is 19.4. The first kappa shape index (κ1) is 18.3. The number of benzene rings is 1. The summed E-state index contributed by atoms with van der Waals surface area (Å²) in [6, 6.07) is 4.99. The van der Waals surface area contributed by atoms with Crippen molar-refractivity contribution in [2.45, 2.75) is 18.0 Å². The van der Waals surface area contributed by atoms with Gasteiger partial charge in [-0.3, -0.25) is 0 Å². The van der Waals surface area contributed by atoms with Crippen molar-refractivity contribution < 1.29 is 26.5 Å². The Bertz CT molecular complexity index is 973. The van der Waals surface area contributed by atoms with Gasteiger partial charge in [0.15, 0.2) is 5.41 Å². The summed E-state index contributed by atoms with van der Waals surface area (Å²) >= 11 is 0. The quantitative estimate of drug-likeness (QED) is 0.630. The number of hydrogen-bond donors (Lipinski definition) is 0. The number of alkyl halides is 3. The smallest absolute Gasteiger partial charge is 0.354 e. The van der Waals surface area contributed by atoms with E-state index in [4.69, 9.17) is 4.52 Å². The van der Waals surface area contributed by atoms with Crippen LogP contribution in [-0.2, 0) is 5.41 Å². The molecule has 1 aliphatic rings. The van der Waals surface area contributed by atoms with Gasteiger partial charge in [0, 0.05) is 18.7 Å². The van der Waals surface area contributed by atoms with Crippen LogP contribution in [0.3, 0.4) is 0 Å². The maximum absolute atomic E-state index is 14.0. The van der Waals surface area contributed by atoms with Crippen molar-refractivity contribution >= 4 is 5.82 Å². The fourth-order valence-electron chi connectivity index (χ4n) is 3.14. The zero-order valence-corrected chi connectivity index (χ0v) is 14.1. The third-order valence-corrected chi connectivity index (χ3v) is 4.68. The molecule has 0 spiro atoms. The lowest BCUT2D eigenvalue weighted by Crippen LogP contribution is -2.45. The molecule has 3 heterocycles. The highest BCUT2D eigenvalue weighted by Gasteiger charge is 2.63. The molecule has 4 rings (SSSR count). The molecule has 0 aliphatic carbocycles. The molecule has 0 radical (unpaired) electrons. The standard InChI is InChI=1S/C17H12F5N5O/c18-11-3-1-10(2-4-11)14-25-15(28-26-14)16(17(20,21)22)5-6-27(9-16)13-8-23-12(19)7-24-13/h1-4,7-8H,5-6,9H2. The molecule has 6 nitrogen and oxygen atoms in total. The minimum atomic E-state index is -4.68. The van der Waals surface area contributed by atoms with Crippen molar-refractivity contribution in [3.8, 4) is 11.4 Å². The first-order chi connectivity index (χ1) is 13.3. The number of aromatic nitrogens is 4. The van der Waals surface area contributed by atoms with Crippen molar-refractivity contribution in [2.24, 2.45) is 0 Å². The summed E-state index contributed by atoms with van der Waals surface area (Å²) in [4.78, 5) is 12.5. The van der Waals surface area contributed by atoms with E-state index < -0.39 is 35.8 Å². The Hall–Kier alpha value is -3.11. The molecular formula is C17H12F5N5O. The fourth-order valence-corrected chi connectivity index (χ4v) is 3.14. The molecule has 11 heteroatoms. The van der Waals surface area contributed by atoms with Crippen LogP contribution in [0.5, 0.6) is 0 Å². The number of nitrogens with zero attached hydrogens (tertiary/aromatic N) is 5. The van der Waals surface area contributed by atoms with Crippen molar-refractivity contribution in [3.63, 3.8) is 0 Å². The number of halogens is 5. The SMILES string of the molecule is Fc1ccc(-c2noc(C3(C(F)(F)F)CCN(c4cnc(F)cn4)C3)n2)cc1. The van der Waals surface area contributed by atoms with Gasteiger partial charge in [0.1, 0.15) is 11.6 Å². The summed E-state index contributed by atoms with van der Waals surface area (Å²) in [5.74, 6) is -1.86. The molecule has 146 valence electrons. The lowest BCUT2D eigenvalue weighted by molar-refractivity contribution is -0.191. The summed E-state index contributed by atoms with van der Waals surface area (Å²) in [5.41, 5.74) is -2.08. The van der Waals surface area contributed by atoms with Crippen LogP contribution in [-0.4, -0.2) is 39.4 Å². The van der Waals surface area contributed by atoms with E-state index in [2.05, 4.69) is 20.1 Å². The second kappa shape index (κ2) is 6.50. The number of anilines is 1. The Morgan fingerprint density at radius 3 is 2.43 bits per heavy atom. The van der Waals surface area contributed by atoms with E-state index in [1.165, 1.54) is 17.0 Å². The van der Waals surface area contributed by atoms with Crippen LogP contribution < -0.4 is 4.90 Å². The fraction of sp³-hybridized carbons (Fsp3) is 0.294. The highest BCUT2D eigenvalue weighted by molar-refractivity contribution is 5.54. The molecule has 0 bridgehead atoms. The molecule has 28 heavy (non-hydrogen) atoms. The topological polar surface area (TPSA) is 67.9 Å². The van der Waals surface area contributed by atoms with Gasteiger partial charge in [0.25, 0.3) is 0 Å². The van der Waals surface area contributed by atoms with Crippen LogP contribution in [0, 0.1) is 11.8 Å². The van der Waals surface area contributed by atoms with Crippen LogP contribution in [0.4, 0.5) is 27.8 Å². The summed E-state index contributed by atoms with van der Waals surface area (Å²) in [7, 11) is 0. The third kappa shape index (κ3) is 3.06. The molecule has 0 N–H and O–H groups in total. The van der Waals surface area contributed by atoms with Crippen LogP contribution in [0.15, 0.2) is 41.2 Å². The van der Waals surface area contributed by atoms with E-state index in [1.54, 1.807) is 0 Å². The van der Waals surface area contributed by atoms with Gasteiger partial charge in [-0.2, -0.15) is 22.5 Å². The Balaban J connectivity index is 1.68. The number of hydrogen-bond acceptors (Lipinski definition) is 6. The maximum atomic E-state index is 14.0. The van der Waals surface area contributed by atoms with Gasteiger partial charge in [0.05, 0.1) is 12.4 Å². The second-order valence-electron chi connectivity index (χ2n) is 6.38. The summed E-state index contributed by atoms with van der Waals surface area (Å²) in [5, 5.41) is 3.62. The van der Waals surface area contributed by atoms with Gasteiger partial charge in [-0.05, 0) is 30.7 Å². The molecule has 1 saturated heterocycles. The Labute approximate surface area is 155 Å². The van der Waals surface area contributed by atoms with Crippen molar-refractivity contribution in [3.05, 3.63) is 54.3 Å². The van der Waals surface area contributed by atoms with Gasteiger partial charge < -0.3 is 9.42 Å². The predicted molar refractivity (Wildman–Crippen MR) is 86.2 cm³/mol. The van der Waals surface area contributed by atoms with E-state index >= 15 is 0 Å². The minimum absolute atomic E-state index is 0.00587. The lowest BCUT2D eigenvalue weighted by Gasteiger charge is -2.28. The van der Waals surface area contributed by atoms with E-state index in [9.17, 15) is 22.0 Å². The van der Waals surface area contributed by atoms with Crippen LogP contribution in [0.2, 0.25) is 0 Å². The largest absolute Gasteiger partial charge is 0.405 e. The zero-order valence-electron chi connectivity index (χ0n) is 14.1. The van der Waals surface area contributed by atoms with E-state index in [0.717, 1.165) is 24.5 Å². The second-order valence-corrected chi connectivity index (χ2v) is 6.38. The van der Waals surface area contributed by atoms with Crippen LogP contribution in [0.25, 0.3) is 11.4 Å². The summed E-state index contributed by atoms with van der Waals surface area (Å²) < 4.78 is 73.0. The average molecular weight is 397 g/mol. The molecular weight excluding hydrogens is 385 g/mol. The van der Waals surface area contributed by atoms with Gasteiger partial charge in [-0.1, -0.05) is 5.16 Å². The first-order valence-corrected chi connectivity index (χ1v) is 8.18. The van der Waals surface area contributed by atoms with Gasteiger partial charge >= 0.3 is 6.18 Å². The lowest BCUT2D eigenvalue weighted by atomic mass is 9.86. The summed E-state index contributed by atoms with van der Waals surface area (Å²) in [6.07, 6.45) is -3.12. The normalized spacial score (nSPS) is 20.0.